The van der Waals surface area contributed by atoms with E-state index in [2.05, 4.69) is 12.2 Å². The molecule has 0 aromatic rings. The molecule has 2 unspecified atom stereocenters. The molecule has 0 aromatic heterocycles. The zero-order chi connectivity index (χ0) is 11.6. The van der Waals surface area contributed by atoms with Crippen LogP contribution in [-0.2, 0) is 4.79 Å². The molecule has 0 radical (unpaired) electrons. The quantitative estimate of drug-likeness (QED) is 0.770. The van der Waals surface area contributed by atoms with Gasteiger partial charge in [-0.05, 0) is 31.6 Å². The molecule has 2 fully saturated rings. The molecule has 0 heterocycles. The van der Waals surface area contributed by atoms with Gasteiger partial charge in [-0.2, -0.15) is 0 Å². The van der Waals surface area contributed by atoms with Crippen molar-refractivity contribution in [3.63, 3.8) is 0 Å². The van der Waals surface area contributed by atoms with Crippen molar-refractivity contribution in [2.45, 2.75) is 69.9 Å². The maximum Gasteiger partial charge on any atom is 0.238 e. The number of nitrogens with one attached hydrogen (secondary N) is 1. The number of rotatable bonds is 3. The summed E-state index contributed by atoms with van der Waals surface area (Å²) in [5.74, 6) is 0.256. The third-order valence-corrected chi connectivity index (χ3v) is 4.56. The van der Waals surface area contributed by atoms with Crippen molar-refractivity contribution in [1.82, 2.24) is 5.32 Å². The molecular weight excluding hydrogens is 200 g/mol. The Morgan fingerprint density at radius 1 is 1.19 bits per heavy atom. The lowest BCUT2D eigenvalue weighted by Gasteiger charge is -2.42. The largest absolute Gasteiger partial charge is 0.368 e. The highest BCUT2D eigenvalue weighted by molar-refractivity contribution is 5.85. The highest BCUT2D eigenvalue weighted by Crippen LogP contribution is 2.35. The first-order valence-corrected chi connectivity index (χ1v) is 6.73. The Labute approximate surface area is 98.2 Å². The van der Waals surface area contributed by atoms with Gasteiger partial charge in [0.05, 0.1) is 0 Å². The lowest BCUT2D eigenvalue weighted by molar-refractivity contribution is -0.128. The fourth-order valence-electron chi connectivity index (χ4n) is 3.43. The van der Waals surface area contributed by atoms with E-state index in [0.29, 0.717) is 12.0 Å². The van der Waals surface area contributed by atoms with Crippen molar-refractivity contribution in [2.75, 3.05) is 0 Å². The van der Waals surface area contributed by atoms with Crippen LogP contribution in [0.5, 0.6) is 0 Å². The summed E-state index contributed by atoms with van der Waals surface area (Å²) < 4.78 is 0. The smallest absolute Gasteiger partial charge is 0.238 e. The number of hydrogen-bond acceptors (Lipinski definition) is 2. The van der Waals surface area contributed by atoms with E-state index in [1.54, 1.807) is 0 Å². The predicted molar refractivity (Wildman–Crippen MR) is 64.9 cm³/mol. The van der Waals surface area contributed by atoms with Crippen molar-refractivity contribution in [1.29, 1.82) is 0 Å². The first-order valence-electron chi connectivity index (χ1n) is 6.73. The Balaban J connectivity index is 2.10. The van der Waals surface area contributed by atoms with Crippen LogP contribution in [0, 0.1) is 5.92 Å². The maximum atomic E-state index is 11.8. The van der Waals surface area contributed by atoms with Gasteiger partial charge in [0.25, 0.3) is 0 Å². The molecule has 2 rings (SSSR count). The average molecular weight is 224 g/mol. The molecule has 16 heavy (non-hydrogen) atoms. The summed E-state index contributed by atoms with van der Waals surface area (Å²) in [7, 11) is 0. The molecule has 2 aliphatic carbocycles. The SMILES string of the molecule is CC1CCCCC1(NC1CCCC1)C(N)=O. The fraction of sp³-hybridized carbons (Fsp3) is 0.923. The molecule has 92 valence electrons. The lowest BCUT2D eigenvalue weighted by atomic mass is 9.72. The van der Waals surface area contributed by atoms with Gasteiger partial charge in [0, 0.05) is 6.04 Å². The van der Waals surface area contributed by atoms with Crippen LogP contribution in [-0.4, -0.2) is 17.5 Å². The number of primary amides is 1. The Hall–Kier alpha value is -0.570. The van der Waals surface area contributed by atoms with Crippen molar-refractivity contribution >= 4 is 5.91 Å². The van der Waals surface area contributed by atoms with E-state index in [9.17, 15) is 4.79 Å². The van der Waals surface area contributed by atoms with Gasteiger partial charge in [-0.15, -0.1) is 0 Å². The topological polar surface area (TPSA) is 55.1 Å². The molecule has 0 saturated heterocycles. The monoisotopic (exact) mass is 224 g/mol. The maximum absolute atomic E-state index is 11.8. The number of nitrogens with two attached hydrogens (primary N) is 1. The van der Waals surface area contributed by atoms with E-state index in [1.807, 2.05) is 0 Å². The molecule has 3 nitrogen and oxygen atoms in total. The van der Waals surface area contributed by atoms with Crippen LogP contribution in [0.25, 0.3) is 0 Å². The van der Waals surface area contributed by atoms with Crippen LogP contribution in [0.4, 0.5) is 0 Å². The Bertz CT molecular complexity index is 261. The predicted octanol–water partition coefficient (Wildman–Crippen LogP) is 1.95. The summed E-state index contributed by atoms with van der Waals surface area (Å²) in [6, 6.07) is 0.521. The van der Waals surface area contributed by atoms with E-state index in [-0.39, 0.29) is 5.91 Å². The van der Waals surface area contributed by atoms with E-state index in [0.717, 1.165) is 19.3 Å². The first-order chi connectivity index (χ1) is 7.65. The van der Waals surface area contributed by atoms with Gasteiger partial charge in [-0.1, -0.05) is 32.6 Å². The van der Waals surface area contributed by atoms with E-state index >= 15 is 0 Å². The van der Waals surface area contributed by atoms with Gasteiger partial charge >= 0.3 is 0 Å². The summed E-state index contributed by atoms with van der Waals surface area (Å²) >= 11 is 0. The standard InChI is InChI=1S/C13H24N2O/c1-10-6-4-5-9-13(10,12(14)16)15-11-7-2-3-8-11/h10-11,15H,2-9H2,1H3,(H2,14,16). The lowest BCUT2D eigenvalue weighted by Crippen LogP contribution is -2.63. The molecule has 2 aliphatic rings. The highest BCUT2D eigenvalue weighted by atomic mass is 16.1. The second kappa shape index (κ2) is 4.74. The number of carbonyl (C=O) groups excluding carboxylic acids is 1. The van der Waals surface area contributed by atoms with E-state index < -0.39 is 5.54 Å². The summed E-state index contributed by atoms with van der Waals surface area (Å²) in [6.07, 6.45) is 9.43. The molecule has 2 saturated carbocycles. The minimum atomic E-state index is -0.409. The zero-order valence-electron chi connectivity index (χ0n) is 10.3. The van der Waals surface area contributed by atoms with Crippen LogP contribution in [0.1, 0.15) is 58.3 Å². The first kappa shape index (κ1) is 11.9. The van der Waals surface area contributed by atoms with Crippen LogP contribution in [0.3, 0.4) is 0 Å². The molecule has 0 aliphatic heterocycles. The molecular formula is C13H24N2O. The van der Waals surface area contributed by atoms with Gasteiger partial charge in [0.15, 0.2) is 0 Å². The molecule has 3 heteroatoms. The number of amides is 1. The van der Waals surface area contributed by atoms with Crippen molar-refractivity contribution in [3.8, 4) is 0 Å². The highest BCUT2D eigenvalue weighted by Gasteiger charge is 2.44. The van der Waals surface area contributed by atoms with Crippen molar-refractivity contribution in [2.24, 2.45) is 11.7 Å². The minimum Gasteiger partial charge on any atom is -0.368 e. The summed E-state index contributed by atoms with van der Waals surface area (Å²) in [5.41, 5.74) is 5.26. The van der Waals surface area contributed by atoms with Crippen LogP contribution in [0.15, 0.2) is 0 Å². The third-order valence-electron chi connectivity index (χ3n) is 4.56. The summed E-state index contributed by atoms with van der Waals surface area (Å²) in [5, 5.41) is 3.61. The van der Waals surface area contributed by atoms with Gasteiger partial charge in [-0.3, -0.25) is 4.79 Å². The Morgan fingerprint density at radius 2 is 1.81 bits per heavy atom. The fourth-order valence-corrected chi connectivity index (χ4v) is 3.43. The Kier molecular flexibility index (Phi) is 3.53. The van der Waals surface area contributed by atoms with Crippen molar-refractivity contribution in [3.05, 3.63) is 0 Å². The van der Waals surface area contributed by atoms with E-state index in [4.69, 9.17) is 5.73 Å². The third kappa shape index (κ3) is 2.10. The molecule has 1 amide bonds. The Morgan fingerprint density at radius 3 is 2.38 bits per heavy atom. The molecule has 2 atom stereocenters. The normalized spacial score (nSPS) is 36.4. The van der Waals surface area contributed by atoms with Gasteiger partial charge < -0.3 is 11.1 Å². The van der Waals surface area contributed by atoms with Crippen LogP contribution < -0.4 is 11.1 Å². The molecule has 0 bridgehead atoms. The van der Waals surface area contributed by atoms with Crippen LogP contribution >= 0.6 is 0 Å². The zero-order valence-corrected chi connectivity index (χ0v) is 10.3. The number of hydrogen-bond donors (Lipinski definition) is 2. The van der Waals surface area contributed by atoms with Gasteiger partial charge in [0.1, 0.15) is 5.54 Å². The summed E-state index contributed by atoms with van der Waals surface area (Å²) in [4.78, 5) is 11.8. The van der Waals surface area contributed by atoms with E-state index in [1.165, 1.54) is 32.1 Å². The minimum absolute atomic E-state index is 0.133. The van der Waals surface area contributed by atoms with Crippen LogP contribution in [0.2, 0.25) is 0 Å². The van der Waals surface area contributed by atoms with Gasteiger partial charge in [0.2, 0.25) is 5.91 Å². The average Bonchev–Trinajstić information content (AvgIpc) is 2.74. The van der Waals surface area contributed by atoms with Gasteiger partial charge in [-0.25, -0.2) is 0 Å². The second-order valence-corrected chi connectivity index (χ2v) is 5.61. The number of carbonyl (C=O) groups is 1. The second-order valence-electron chi connectivity index (χ2n) is 5.61. The molecule has 0 aromatic carbocycles. The molecule has 3 N–H and O–H groups in total. The summed E-state index contributed by atoms with van der Waals surface area (Å²) in [6.45, 7) is 2.17. The molecule has 0 spiro atoms. The van der Waals surface area contributed by atoms with Crippen molar-refractivity contribution < 1.29 is 4.79 Å².